The molecule has 0 saturated carbocycles. The summed E-state index contributed by atoms with van der Waals surface area (Å²) in [6.45, 7) is 6.08. The van der Waals surface area contributed by atoms with Gasteiger partial charge in [-0.05, 0) is 36.4 Å². The number of ether oxygens (including phenoxy) is 1. The number of anilines is 1. The maximum absolute atomic E-state index is 12.3. The van der Waals surface area contributed by atoms with E-state index in [2.05, 4.69) is 5.32 Å². The van der Waals surface area contributed by atoms with Crippen LogP contribution >= 0.6 is 0 Å². The number of amides is 2. The van der Waals surface area contributed by atoms with Gasteiger partial charge in [0, 0.05) is 24.1 Å². The molecule has 2 aromatic carbocycles. The smallest absolute Gasteiger partial charge is 0.229 e. The van der Waals surface area contributed by atoms with Crippen molar-refractivity contribution >= 4 is 17.5 Å². The lowest BCUT2D eigenvalue weighted by Gasteiger charge is -2.22. The third kappa shape index (κ3) is 4.23. The van der Waals surface area contributed by atoms with Gasteiger partial charge in [-0.1, -0.05) is 39.0 Å². The lowest BCUT2D eigenvalue weighted by molar-refractivity contribution is -0.129. The van der Waals surface area contributed by atoms with Crippen LogP contribution < -0.4 is 15.0 Å². The molecule has 0 radical (unpaired) electrons. The minimum atomic E-state index is -0.465. The number of para-hydroxylation sites is 1. The number of carbonyl (C=O) groups excluding carboxylic acids is 2. The molecule has 0 spiro atoms. The van der Waals surface area contributed by atoms with E-state index in [1.165, 1.54) is 0 Å². The highest BCUT2D eigenvalue weighted by Gasteiger charge is 2.33. The number of nitrogens with one attached hydrogen (secondary N) is 1. The second-order valence-electron chi connectivity index (χ2n) is 7.54. The van der Waals surface area contributed by atoms with Crippen molar-refractivity contribution in [2.75, 3.05) is 11.4 Å². The van der Waals surface area contributed by atoms with Gasteiger partial charge in [-0.15, -0.1) is 0 Å². The fourth-order valence-electron chi connectivity index (χ4n) is 2.77. The first-order valence-electron chi connectivity index (χ1n) is 8.77. The Bertz CT molecular complexity index is 779. The number of carbonyl (C=O) groups is 2. The fourth-order valence-corrected chi connectivity index (χ4v) is 2.77. The minimum Gasteiger partial charge on any atom is -0.457 e. The highest BCUT2D eigenvalue weighted by atomic mass is 16.5. The van der Waals surface area contributed by atoms with Crippen molar-refractivity contribution < 1.29 is 14.3 Å². The third-order valence-electron chi connectivity index (χ3n) is 4.27. The average molecular weight is 352 g/mol. The molecule has 1 saturated heterocycles. The summed E-state index contributed by atoms with van der Waals surface area (Å²) in [7, 11) is 0. The van der Waals surface area contributed by atoms with E-state index in [9.17, 15) is 9.59 Å². The lowest BCUT2D eigenvalue weighted by atomic mass is 9.95. The first-order valence-corrected chi connectivity index (χ1v) is 8.77. The number of hydrogen-bond donors (Lipinski definition) is 1. The summed E-state index contributed by atoms with van der Waals surface area (Å²) in [5.41, 5.74) is 0.343. The SMILES string of the molecule is CC(C)(C)C(=O)NC1CC(=O)N(c2ccc(Oc3ccccc3)cc2)C1. The Kier molecular flexibility index (Phi) is 4.98. The molecule has 0 aliphatic carbocycles. The van der Waals surface area contributed by atoms with E-state index < -0.39 is 5.41 Å². The first kappa shape index (κ1) is 18.0. The molecule has 1 N–H and O–H groups in total. The van der Waals surface area contributed by atoms with Gasteiger partial charge in [0.25, 0.3) is 0 Å². The zero-order valence-corrected chi connectivity index (χ0v) is 15.4. The molecule has 1 heterocycles. The van der Waals surface area contributed by atoms with Crippen LogP contribution in [-0.4, -0.2) is 24.4 Å². The molecule has 1 atom stereocenters. The largest absolute Gasteiger partial charge is 0.457 e. The van der Waals surface area contributed by atoms with Gasteiger partial charge in [-0.2, -0.15) is 0 Å². The number of nitrogens with zero attached hydrogens (tertiary/aromatic N) is 1. The summed E-state index contributed by atoms with van der Waals surface area (Å²) in [4.78, 5) is 26.2. The molecule has 0 bridgehead atoms. The second kappa shape index (κ2) is 7.20. The third-order valence-corrected chi connectivity index (χ3v) is 4.27. The molecule has 2 amide bonds. The maximum atomic E-state index is 12.3. The zero-order chi connectivity index (χ0) is 18.7. The topological polar surface area (TPSA) is 58.6 Å². The predicted molar refractivity (Wildman–Crippen MR) is 101 cm³/mol. The van der Waals surface area contributed by atoms with Gasteiger partial charge in [-0.3, -0.25) is 9.59 Å². The quantitative estimate of drug-likeness (QED) is 0.912. The lowest BCUT2D eigenvalue weighted by Crippen LogP contribution is -2.43. The monoisotopic (exact) mass is 352 g/mol. The van der Waals surface area contributed by atoms with E-state index in [4.69, 9.17) is 4.74 Å². The predicted octanol–water partition coefficient (Wildman–Crippen LogP) is 3.75. The normalized spacial score (nSPS) is 17.3. The van der Waals surface area contributed by atoms with E-state index in [0.717, 1.165) is 11.4 Å². The molecule has 1 fully saturated rings. The number of hydrogen-bond acceptors (Lipinski definition) is 3. The van der Waals surface area contributed by atoms with E-state index >= 15 is 0 Å². The van der Waals surface area contributed by atoms with Crippen LogP contribution in [0.4, 0.5) is 5.69 Å². The molecule has 26 heavy (non-hydrogen) atoms. The Hall–Kier alpha value is -2.82. The molecular weight excluding hydrogens is 328 g/mol. The highest BCUT2D eigenvalue weighted by molar-refractivity contribution is 5.97. The van der Waals surface area contributed by atoms with Crippen molar-refractivity contribution in [1.29, 1.82) is 0 Å². The van der Waals surface area contributed by atoms with Gasteiger partial charge >= 0.3 is 0 Å². The molecule has 2 aromatic rings. The molecular formula is C21H24N2O3. The van der Waals surface area contributed by atoms with Gasteiger partial charge in [0.2, 0.25) is 11.8 Å². The van der Waals surface area contributed by atoms with Crippen molar-refractivity contribution in [3.05, 3.63) is 54.6 Å². The van der Waals surface area contributed by atoms with Gasteiger partial charge in [0.1, 0.15) is 11.5 Å². The molecule has 136 valence electrons. The molecule has 0 aromatic heterocycles. The molecule has 1 unspecified atom stereocenters. The van der Waals surface area contributed by atoms with Crippen LogP contribution in [-0.2, 0) is 9.59 Å². The van der Waals surface area contributed by atoms with Crippen LogP contribution in [0.1, 0.15) is 27.2 Å². The van der Waals surface area contributed by atoms with Crippen molar-refractivity contribution in [3.8, 4) is 11.5 Å². The molecule has 3 rings (SSSR count). The molecule has 5 nitrogen and oxygen atoms in total. The average Bonchev–Trinajstić information content (AvgIpc) is 2.96. The molecule has 5 heteroatoms. The number of rotatable bonds is 4. The van der Waals surface area contributed by atoms with Crippen molar-refractivity contribution in [2.24, 2.45) is 5.41 Å². The van der Waals surface area contributed by atoms with Gasteiger partial charge in [0.05, 0.1) is 6.04 Å². The Labute approximate surface area is 154 Å². The summed E-state index contributed by atoms with van der Waals surface area (Å²) in [5.74, 6) is 1.45. The molecule has 1 aliphatic heterocycles. The highest BCUT2D eigenvalue weighted by Crippen LogP contribution is 2.27. The summed E-state index contributed by atoms with van der Waals surface area (Å²) >= 11 is 0. The van der Waals surface area contributed by atoms with Crippen molar-refractivity contribution in [1.82, 2.24) is 5.32 Å². The van der Waals surface area contributed by atoms with Gasteiger partial charge < -0.3 is 15.0 Å². The standard InChI is InChI=1S/C21H24N2O3/c1-21(2,3)20(25)22-15-13-19(24)23(14-15)16-9-11-18(12-10-16)26-17-7-5-4-6-8-17/h4-12,15H,13-14H2,1-3H3,(H,22,25). The van der Waals surface area contributed by atoms with E-state index in [1.807, 2.05) is 75.4 Å². The molecule has 1 aliphatic rings. The minimum absolute atomic E-state index is 0.0148. The van der Waals surface area contributed by atoms with Crippen LogP contribution in [0.25, 0.3) is 0 Å². The van der Waals surface area contributed by atoms with Crippen LogP contribution in [0.2, 0.25) is 0 Å². The fraction of sp³-hybridized carbons (Fsp3) is 0.333. The van der Waals surface area contributed by atoms with Crippen molar-refractivity contribution in [3.63, 3.8) is 0 Å². The Morgan fingerprint density at radius 1 is 1.04 bits per heavy atom. The summed E-state index contributed by atoms with van der Waals surface area (Å²) < 4.78 is 5.77. The van der Waals surface area contributed by atoms with Gasteiger partial charge in [-0.25, -0.2) is 0 Å². The van der Waals surface area contributed by atoms with Crippen LogP contribution in [0.15, 0.2) is 54.6 Å². The van der Waals surface area contributed by atoms with Crippen molar-refractivity contribution in [2.45, 2.75) is 33.2 Å². The van der Waals surface area contributed by atoms with Crippen LogP contribution in [0.5, 0.6) is 11.5 Å². The second-order valence-corrected chi connectivity index (χ2v) is 7.54. The summed E-state index contributed by atoms with van der Waals surface area (Å²) in [5, 5.41) is 2.97. The number of benzene rings is 2. The maximum Gasteiger partial charge on any atom is 0.229 e. The van der Waals surface area contributed by atoms with E-state index in [0.29, 0.717) is 18.7 Å². The van der Waals surface area contributed by atoms with Gasteiger partial charge in [0.15, 0.2) is 0 Å². The van der Waals surface area contributed by atoms with Crippen LogP contribution in [0, 0.1) is 5.41 Å². The Morgan fingerprint density at radius 3 is 2.27 bits per heavy atom. The first-order chi connectivity index (χ1) is 12.3. The van der Waals surface area contributed by atoms with E-state index in [-0.39, 0.29) is 17.9 Å². The van der Waals surface area contributed by atoms with Crippen LogP contribution in [0.3, 0.4) is 0 Å². The Balaban J connectivity index is 1.64. The zero-order valence-electron chi connectivity index (χ0n) is 15.4. The summed E-state index contributed by atoms with van der Waals surface area (Å²) in [6, 6.07) is 16.8. The van der Waals surface area contributed by atoms with E-state index in [1.54, 1.807) is 4.90 Å². The Morgan fingerprint density at radius 2 is 1.65 bits per heavy atom. The summed E-state index contributed by atoms with van der Waals surface area (Å²) in [6.07, 6.45) is 0.323.